The molecule has 1 aliphatic carbocycles. The monoisotopic (exact) mass is 262 g/mol. The molecular weight excluding hydrogens is 248 g/mol. The van der Waals surface area contributed by atoms with Gasteiger partial charge in [0.25, 0.3) is 10.1 Å². The second-order valence-corrected chi connectivity index (χ2v) is 6.51. The smallest absolute Gasteiger partial charge is 0.259 e. The molecule has 1 unspecified atom stereocenters. The van der Waals surface area contributed by atoms with Crippen LogP contribution in [0.3, 0.4) is 0 Å². The van der Waals surface area contributed by atoms with Crippen molar-refractivity contribution in [1.82, 2.24) is 10.2 Å². The topological polar surface area (TPSA) is 69.2 Å². The van der Waals surface area contributed by atoms with Crippen molar-refractivity contribution in [2.24, 2.45) is 5.92 Å². The highest BCUT2D eigenvalue weighted by atomic mass is 32.2. The van der Waals surface area contributed by atoms with E-state index in [1.807, 2.05) is 0 Å². The third-order valence-electron chi connectivity index (χ3n) is 2.73. The van der Waals surface area contributed by atoms with Crippen molar-refractivity contribution >= 4 is 21.5 Å². The van der Waals surface area contributed by atoms with Crippen molar-refractivity contribution < 1.29 is 12.6 Å². The highest BCUT2D eigenvalue weighted by Crippen LogP contribution is 2.39. The van der Waals surface area contributed by atoms with Crippen LogP contribution in [0.2, 0.25) is 0 Å². The zero-order valence-electron chi connectivity index (χ0n) is 9.00. The molecule has 1 aromatic heterocycles. The van der Waals surface area contributed by atoms with Crippen LogP contribution >= 0.6 is 11.3 Å². The van der Waals surface area contributed by atoms with Crippen molar-refractivity contribution in [2.45, 2.75) is 31.8 Å². The molecule has 1 heterocycles. The number of rotatable bonds is 4. The minimum Gasteiger partial charge on any atom is -0.259 e. The molecule has 0 bridgehead atoms. The Morgan fingerprint density at radius 2 is 2.19 bits per heavy atom. The van der Waals surface area contributed by atoms with Crippen molar-refractivity contribution in [3.05, 3.63) is 10.5 Å². The van der Waals surface area contributed by atoms with Crippen LogP contribution in [0, 0.1) is 5.92 Å². The lowest BCUT2D eigenvalue weighted by Gasteiger charge is -2.19. The molecule has 7 heteroatoms. The Morgan fingerprint density at radius 3 is 2.69 bits per heavy atom. The standard InChI is InChI=1S/C9H14N2O3S2/c1-16(12,13)14-8(7-4-2-3-5-7)9-11-10-6-15-9/h6-8H,2-5H2,1H3. The predicted octanol–water partition coefficient (Wildman–Crippen LogP) is 1.75. The van der Waals surface area contributed by atoms with Crippen LogP contribution in [0.25, 0.3) is 0 Å². The van der Waals surface area contributed by atoms with E-state index in [4.69, 9.17) is 4.18 Å². The number of hydrogen-bond acceptors (Lipinski definition) is 6. The lowest BCUT2D eigenvalue weighted by molar-refractivity contribution is 0.145. The zero-order chi connectivity index (χ0) is 11.6. The molecule has 1 aliphatic rings. The molecule has 0 amide bonds. The first-order chi connectivity index (χ1) is 7.56. The molecule has 1 aromatic rings. The summed E-state index contributed by atoms with van der Waals surface area (Å²) in [5.41, 5.74) is 1.60. The quantitative estimate of drug-likeness (QED) is 0.773. The van der Waals surface area contributed by atoms with E-state index < -0.39 is 16.2 Å². The van der Waals surface area contributed by atoms with Gasteiger partial charge in [0.15, 0.2) is 0 Å². The second kappa shape index (κ2) is 4.77. The van der Waals surface area contributed by atoms with Gasteiger partial charge < -0.3 is 0 Å². The lowest BCUT2D eigenvalue weighted by Crippen LogP contribution is -2.17. The maximum Gasteiger partial charge on any atom is 0.265 e. The summed E-state index contributed by atoms with van der Waals surface area (Å²) in [6, 6.07) is 0. The fraction of sp³-hybridized carbons (Fsp3) is 0.778. The normalized spacial score (nSPS) is 20.1. The number of nitrogens with zero attached hydrogens (tertiary/aromatic N) is 2. The van der Waals surface area contributed by atoms with Gasteiger partial charge in [-0.25, -0.2) is 0 Å². The number of hydrogen-bond donors (Lipinski definition) is 0. The molecule has 0 aromatic carbocycles. The molecule has 1 saturated carbocycles. The molecule has 0 spiro atoms. The Morgan fingerprint density at radius 1 is 1.50 bits per heavy atom. The maximum absolute atomic E-state index is 11.2. The third kappa shape index (κ3) is 2.99. The summed E-state index contributed by atoms with van der Waals surface area (Å²) in [6.07, 6.45) is 4.90. The Hall–Kier alpha value is -0.530. The third-order valence-corrected chi connectivity index (χ3v) is 4.04. The molecule has 0 N–H and O–H groups in total. The highest BCUT2D eigenvalue weighted by molar-refractivity contribution is 7.86. The molecule has 90 valence electrons. The van der Waals surface area contributed by atoms with Gasteiger partial charge in [-0.3, -0.25) is 4.18 Å². The SMILES string of the molecule is CS(=O)(=O)OC(c1nncs1)C1CCCC1. The lowest BCUT2D eigenvalue weighted by atomic mass is 10.0. The Labute approximate surface area is 99.0 Å². The first-order valence-corrected chi connectivity index (χ1v) is 7.90. The molecule has 16 heavy (non-hydrogen) atoms. The van der Waals surface area contributed by atoms with Gasteiger partial charge in [0, 0.05) is 0 Å². The molecule has 0 radical (unpaired) electrons. The van der Waals surface area contributed by atoms with E-state index in [2.05, 4.69) is 10.2 Å². The minimum absolute atomic E-state index is 0.252. The predicted molar refractivity (Wildman–Crippen MR) is 60.5 cm³/mol. The summed E-state index contributed by atoms with van der Waals surface area (Å²) in [5, 5.41) is 8.33. The molecule has 5 nitrogen and oxygen atoms in total. The molecular formula is C9H14N2O3S2. The van der Waals surface area contributed by atoms with E-state index in [1.165, 1.54) is 11.3 Å². The average Bonchev–Trinajstić information content (AvgIpc) is 2.86. The molecule has 0 saturated heterocycles. The van der Waals surface area contributed by atoms with Crippen molar-refractivity contribution in [3.8, 4) is 0 Å². The van der Waals surface area contributed by atoms with Gasteiger partial charge >= 0.3 is 0 Å². The van der Waals surface area contributed by atoms with E-state index >= 15 is 0 Å². The summed E-state index contributed by atoms with van der Waals surface area (Å²) in [5.74, 6) is 0.252. The Kier molecular flexibility index (Phi) is 3.56. The zero-order valence-corrected chi connectivity index (χ0v) is 10.6. The van der Waals surface area contributed by atoms with Gasteiger partial charge in [-0.15, -0.1) is 21.5 Å². The van der Waals surface area contributed by atoms with Gasteiger partial charge in [-0.1, -0.05) is 12.8 Å². The van der Waals surface area contributed by atoms with Crippen LogP contribution < -0.4 is 0 Å². The first kappa shape index (κ1) is 11.9. The van der Waals surface area contributed by atoms with E-state index in [0.29, 0.717) is 5.01 Å². The van der Waals surface area contributed by atoms with Crippen LogP contribution in [0.15, 0.2) is 5.51 Å². The van der Waals surface area contributed by atoms with Crippen molar-refractivity contribution in [1.29, 1.82) is 0 Å². The Balaban J connectivity index is 2.19. The van der Waals surface area contributed by atoms with Crippen molar-refractivity contribution in [2.75, 3.05) is 6.26 Å². The van der Waals surface area contributed by atoms with E-state index in [1.54, 1.807) is 5.51 Å². The van der Waals surface area contributed by atoms with Crippen LogP contribution in [0.5, 0.6) is 0 Å². The van der Waals surface area contributed by atoms with Crippen LogP contribution in [0.4, 0.5) is 0 Å². The van der Waals surface area contributed by atoms with Gasteiger partial charge in [0.1, 0.15) is 16.6 Å². The second-order valence-electron chi connectivity index (χ2n) is 4.04. The summed E-state index contributed by atoms with van der Waals surface area (Å²) in [4.78, 5) is 0. The molecule has 1 atom stereocenters. The average molecular weight is 262 g/mol. The van der Waals surface area contributed by atoms with Crippen molar-refractivity contribution in [3.63, 3.8) is 0 Å². The van der Waals surface area contributed by atoms with Gasteiger partial charge in [0.05, 0.1) is 6.26 Å². The molecule has 0 aliphatic heterocycles. The summed E-state index contributed by atoms with van der Waals surface area (Å²) in [6.45, 7) is 0. The fourth-order valence-electron chi connectivity index (χ4n) is 2.08. The first-order valence-electron chi connectivity index (χ1n) is 5.20. The fourth-order valence-corrected chi connectivity index (χ4v) is 3.43. The van der Waals surface area contributed by atoms with Crippen LogP contribution in [-0.2, 0) is 14.3 Å². The van der Waals surface area contributed by atoms with Crippen LogP contribution in [0.1, 0.15) is 36.8 Å². The van der Waals surface area contributed by atoms with Gasteiger partial charge in [-0.05, 0) is 18.8 Å². The maximum atomic E-state index is 11.2. The highest BCUT2D eigenvalue weighted by Gasteiger charge is 2.32. The van der Waals surface area contributed by atoms with Gasteiger partial charge in [-0.2, -0.15) is 8.42 Å². The van der Waals surface area contributed by atoms with E-state index in [0.717, 1.165) is 31.9 Å². The molecule has 1 fully saturated rings. The summed E-state index contributed by atoms with van der Waals surface area (Å²) in [7, 11) is -3.45. The molecule has 2 rings (SSSR count). The number of aromatic nitrogens is 2. The minimum atomic E-state index is -3.45. The van der Waals surface area contributed by atoms with E-state index in [9.17, 15) is 8.42 Å². The van der Waals surface area contributed by atoms with Crippen LogP contribution in [-0.4, -0.2) is 24.9 Å². The Bertz CT molecular complexity index is 424. The summed E-state index contributed by atoms with van der Waals surface area (Å²) >= 11 is 1.35. The largest absolute Gasteiger partial charge is 0.265 e. The summed E-state index contributed by atoms with van der Waals surface area (Å²) < 4.78 is 27.6. The van der Waals surface area contributed by atoms with E-state index in [-0.39, 0.29) is 5.92 Å². The van der Waals surface area contributed by atoms with Gasteiger partial charge in [0.2, 0.25) is 0 Å².